The van der Waals surface area contributed by atoms with Gasteiger partial charge in [-0.15, -0.1) is 0 Å². The SMILES string of the molecule is CC(NS(=O)(=O)c1ccccc1CNC1CC1)C1CCC1. The summed E-state index contributed by atoms with van der Waals surface area (Å²) in [5, 5.41) is 3.39. The van der Waals surface area contributed by atoms with Crippen molar-refractivity contribution in [3.63, 3.8) is 0 Å². The van der Waals surface area contributed by atoms with E-state index in [4.69, 9.17) is 0 Å². The highest BCUT2D eigenvalue weighted by Gasteiger charge is 2.29. The molecule has 1 unspecified atom stereocenters. The molecule has 0 saturated heterocycles. The molecule has 4 nitrogen and oxygen atoms in total. The Balaban J connectivity index is 1.73. The van der Waals surface area contributed by atoms with Gasteiger partial charge < -0.3 is 5.32 Å². The van der Waals surface area contributed by atoms with Crippen molar-refractivity contribution in [1.29, 1.82) is 0 Å². The van der Waals surface area contributed by atoms with Crippen LogP contribution in [0.5, 0.6) is 0 Å². The summed E-state index contributed by atoms with van der Waals surface area (Å²) in [5.41, 5.74) is 0.859. The van der Waals surface area contributed by atoms with Crippen molar-refractivity contribution < 1.29 is 8.42 Å². The average molecular weight is 308 g/mol. The van der Waals surface area contributed by atoms with Crippen LogP contribution in [0.2, 0.25) is 0 Å². The van der Waals surface area contributed by atoms with Crippen LogP contribution in [0.3, 0.4) is 0 Å². The maximum Gasteiger partial charge on any atom is 0.241 e. The van der Waals surface area contributed by atoms with Gasteiger partial charge in [-0.05, 0) is 50.2 Å². The number of sulfonamides is 1. The van der Waals surface area contributed by atoms with Crippen LogP contribution in [-0.4, -0.2) is 20.5 Å². The van der Waals surface area contributed by atoms with E-state index < -0.39 is 10.0 Å². The van der Waals surface area contributed by atoms with Crippen LogP contribution in [0.4, 0.5) is 0 Å². The zero-order valence-electron chi connectivity index (χ0n) is 12.5. The van der Waals surface area contributed by atoms with E-state index in [0.29, 0.717) is 23.4 Å². The zero-order chi connectivity index (χ0) is 14.9. The average Bonchev–Trinajstić information content (AvgIpc) is 3.17. The monoisotopic (exact) mass is 308 g/mol. The van der Waals surface area contributed by atoms with Crippen LogP contribution in [-0.2, 0) is 16.6 Å². The van der Waals surface area contributed by atoms with E-state index in [1.807, 2.05) is 19.1 Å². The lowest BCUT2D eigenvalue weighted by molar-refractivity contribution is 0.260. The summed E-state index contributed by atoms with van der Waals surface area (Å²) in [6, 6.07) is 7.90. The third kappa shape index (κ3) is 3.65. The van der Waals surface area contributed by atoms with Crippen molar-refractivity contribution in [2.24, 2.45) is 5.92 Å². The normalized spacial score (nSPS) is 21.0. The first-order valence-electron chi connectivity index (χ1n) is 7.90. The molecule has 5 heteroatoms. The Labute approximate surface area is 127 Å². The van der Waals surface area contributed by atoms with Gasteiger partial charge in [-0.2, -0.15) is 0 Å². The Morgan fingerprint density at radius 3 is 2.52 bits per heavy atom. The molecule has 2 fully saturated rings. The van der Waals surface area contributed by atoms with Crippen LogP contribution in [0.15, 0.2) is 29.2 Å². The minimum Gasteiger partial charge on any atom is -0.310 e. The predicted octanol–water partition coefficient (Wildman–Crippen LogP) is 2.41. The topological polar surface area (TPSA) is 58.2 Å². The van der Waals surface area contributed by atoms with Crippen LogP contribution < -0.4 is 10.0 Å². The molecule has 2 N–H and O–H groups in total. The minimum atomic E-state index is -3.43. The second kappa shape index (κ2) is 6.07. The van der Waals surface area contributed by atoms with E-state index in [-0.39, 0.29) is 6.04 Å². The molecule has 116 valence electrons. The van der Waals surface area contributed by atoms with E-state index in [1.54, 1.807) is 12.1 Å². The van der Waals surface area contributed by atoms with Gasteiger partial charge in [0.2, 0.25) is 10.0 Å². The van der Waals surface area contributed by atoms with Crippen LogP contribution in [0.1, 0.15) is 44.6 Å². The molecule has 0 heterocycles. The number of hydrogen-bond acceptors (Lipinski definition) is 3. The molecule has 0 aliphatic heterocycles. The minimum absolute atomic E-state index is 0.0215. The smallest absolute Gasteiger partial charge is 0.241 e. The fourth-order valence-corrected chi connectivity index (χ4v) is 4.35. The molecule has 21 heavy (non-hydrogen) atoms. The maximum absolute atomic E-state index is 12.6. The zero-order valence-corrected chi connectivity index (χ0v) is 13.3. The van der Waals surface area contributed by atoms with Gasteiger partial charge in [-0.1, -0.05) is 24.6 Å². The standard InChI is InChI=1S/C16H24N2O2S/c1-12(13-6-4-7-13)18-21(19,20)16-8-3-2-5-14(16)11-17-15-9-10-15/h2-3,5,8,12-13,15,17-18H,4,6-7,9-11H2,1H3. The van der Waals surface area contributed by atoms with E-state index in [0.717, 1.165) is 18.4 Å². The van der Waals surface area contributed by atoms with Gasteiger partial charge in [0.25, 0.3) is 0 Å². The second-order valence-corrected chi connectivity index (χ2v) is 8.05. The highest BCUT2D eigenvalue weighted by Crippen LogP contribution is 2.30. The molecule has 0 spiro atoms. The van der Waals surface area contributed by atoms with Crippen LogP contribution in [0.25, 0.3) is 0 Å². The second-order valence-electron chi connectivity index (χ2n) is 6.36. The van der Waals surface area contributed by atoms with Gasteiger partial charge in [-0.3, -0.25) is 0 Å². The van der Waals surface area contributed by atoms with Crippen molar-refractivity contribution in [2.75, 3.05) is 0 Å². The molecule has 2 saturated carbocycles. The predicted molar refractivity (Wildman–Crippen MR) is 83.4 cm³/mol. The first-order valence-corrected chi connectivity index (χ1v) is 9.38. The summed E-state index contributed by atoms with van der Waals surface area (Å²) in [7, 11) is -3.43. The van der Waals surface area contributed by atoms with Gasteiger partial charge in [-0.25, -0.2) is 13.1 Å². The number of rotatable bonds is 7. The number of nitrogens with one attached hydrogen (secondary N) is 2. The molecule has 0 aromatic heterocycles. The Bertz CT molecular complexity index is 592. The van der Waals surface area contributed by atoms with Crippen molar-refractivity contribution in [1.82, 2.24) is 10.0 Å². The number of hydrogen-bond donors (Lipinski definition) is 2. The molecule has 2 aliphatic carbocycles. The Morgan fingerprint density at radius 1 is 1.19 bits per heavy atom. The fraction of sp³-hybridized carbons (Fsp3) is 0.625. The summed E-state index contributed by atoms with van der Waals surface area (Å²) < 4.78 is 28.1. The first-order chi connectivity index (χ1) is 10.1. The lowest BCUT2D eigenvalue weighted by atomic mass is 9.81. The summed E-state index contributed by atoms with van der Waals surface area (Å²) in [6.45, 7) is 2.60. The Hall–Kier alpha value is -0.910. The van der Waals surface area contributed by atoms with Gasteiger partial charge in [0, 0.05) is 18.6 Å². The summed E-state index contributed by atoms with van der Waals surface area (Å²) in [4.78, 5) is 0.421. The molecule has 3 rings (SSSR count). The van der Waals surface area contributed by atoms with Crippen LogP contribution >= 0.6 is 0 Å². The van der Waals surface area contributed by atoms with Crippen LogP contribution in [0, 0.1) is 5.92 Å². The van der Waals surface area contributed by atoms with Gasteiger partial charge in [0.1, 0.15) is 0 Å². The lowest BCUT2D eigenvalue weighted by Gasteiger charge is -2.31. The fourth-order valence-electron chi connectivity index (χ4n) is 2.80. The molecular formula is C16H24N2O2S. The van der Waals surface area contributed by atoms with Crippen molar-refractivity contribution in [2.45, 2.75) is 62.6 Å². The van der Waals surface area contributed by atoms with Crippen molar-refractivity contribution in [3.8, 4) is 0 Å². The van der Waals surface area contributed by atoms with Gasteiger partial charge >= 0.3 is 0 Å². The molecule has 1 aromatic rings. The molecule has 0 bridgehead atoms. The van der Waals surface area contributed by atoms with Gasteiger partial charge in [0.15, 0.2) is 0 Å². The number of benzene rings is 1. The maximum atomic E-state index is 12.6. The van der Waals surface area contributed by atoms with E-state index in [9.17, 15) is 8.42 Å². The van der Waals surface area contributed by atoms with E-state index >= 15 is 0 Å². The van der Waals surface area contributed by atoms with E-state index in [2.05, 4.69) is 10.0 Å². The molecule has 0 radical (unpaired) electrons. The molecular weight excluding hydrogens is 284 g/mol. The molecule has 0 amide bonds. The quantitative estimate of drug-likeness (QED) is 0.813. The molecule has 1 atom stereocenters. The first kappa shape index (κ1) is 15.0. The summed E-state index contributed by atoms with van der Waals surface area (Å²) in [6.07, 6.45) is 5.89. The Morgan fingerprint density at radius 2 is 1.90 bits per heavy atom. The van der Waals surface area contributed by atoms with Gasteiger partial charge in [0.05, 0.1) is 4.90 Å². The molecule has 1 aromatic carbocycles. The van der Waals surface area contributed by atoms with Crippen molar-refractivity contribution >= 4 is 10.0 Å². The lowest BCUT2D eigenvalue weighted by Crippen LogP contribution is -2.41. The Kier molecular flexibility index (Phi) is 4.33. The third-order valence-corrected chi connectivity index (χ3v) is 6.28. The van der Waals surface area contributed by atoms with Crippen molar-refractivity contribution in [3.05, 3.63) is 29.8 Å². The largest absolute Gasteiger partial charge is 0.310 e. The van der Waals surface area contributed by atoms with E-state index in [1.165, 1.54) is 19.3 Å². The molecule has 2 aliphatic rings. The summed E-state index contributed by atoms with van der Waals surface area (Å²) in [5.74, 6) is 0.497. The summed E-state index contributed by atoms with van der Waals surface area (Å²) >= 11 is 0. The highest BCUT2D eigenvalue weighted by atomic mass is 32.2. The highest BCUT2D eigenvalue weighted by molar-refractivity contribution is 7.89. The third-order valence-electron chi connectivity index (χ3n) is 4.62.